The predicted octanol–water partition coefficient (Wildman–Crippen LogP) is 4.94. The summed E-state index contributed by atoms with van der Waals surface area (Å²) in [6.07, 6.45) is 1.83. The van der Waals surface area contributed by atoms with Crippen LogP contribution in [0.25, 0.3) is 5.69 Å². The third kappa shape index (κ3) is 5.80. The van der Waals surface area contributed by atoms with Crippen molar-refractivity contribution in [3.63, 3.8) is 0 Å². The molecule has 1 heterocycles. The first-order valence-corrected chi connectivity index (χ1v) is 11.1. The summed E-state index contributed by atoms with van der Waals surface area (Å²) in [7, 11) is 1.39. The number of carbonyl (C=O) groups excluding carboxylic acids is 2. The minimum Gasteiger partial charge on any atom is -0.494 e. The summed E-state index contributed by atoms with van der Waals surface area (Å²) in [4.78, 5) is 24.3. The molecule has 0 aliphatic heterocycles. The lowest BCUT2D eigenvalue weighted by Crippen LogP contribution is -2.13. The van der Waals surface area contributed by atoms with Gasteiger partial charge in [-0.25, -0.2) is 4.68 Å². The number of aromatic nitrogens is 2. The van der Waals surface area contributed by atoms with Crippen molar-refractivity contribution in [2.45, 2.75) is 47.0 Å². The quantitative estimate of drug-likeness (QED) is 0.468. The van der Waals surface area contributed by atoms with Crippen LogP contribution in [0.4, 0.5) is 5.69 Å². The smallest absolute Gasteiger partial charge is 0.305 e. The van der Waals surface area contributed by atoms with Gasteiger partial charge in [-0.3, -0.25) is 9.59 Å². The highest BCUT2D eigenvalue weighted by molar-refractivity contribution is 6.04. The number of nitrogens with one attached hydrogen (secondary N) is 1. The molecule has 0 aliphatic rings. The zero-order chi connectivity index (χ0) is 24.0. The van der Waals surface area contributed by atoms with Gasteiger partial charge in [0, 0.05) is 23.4 Å². The predicted molar refractivity (Wildman–Crippen MR) is 128 cm³/mol. The highest BCUT2D eigenvalue weighted by atomic mass is 16.5. The molecule has 0 spiro atoms. The number of hydrogen-bond donors (Lipinski definition) is 1. The summed E-state index contributed by atoms with van der Waals surface area (Å²) in [6, 6.07) is 12.9. The fraction of sp³-hybridized carbons (Fsp3) is 0.346. The van der Waals surface area contributed by atoms with E-state index in [2.05, 4.69) is 17.3 Å². The van der Waals surface area contributed by atoms with Crippen molar-refractivity contribution in [3.05, 3.63) is 70.5 Å². The molecule has 0 radical (unpaired) electrons. The van der Waals surface area contributed by atoms with Crippen LogP contribution >= 0.6 is 0 Å². The molecule has 7 heteroatoms. The summed E-state index contributed by atoms with van der Waals surface area (Å²) in [5, 5.41) is 7.59. The van der Waals surface area contributed by atoms with Gasteiger partial charge >= 0.3 is 5.97 Å². The van der Waals surface area contributed by atoms with E-state index in [0.717, 1.165) is 46.1 Å². The highest BCUT2D eigenvalue weighted by Crippen LogP contribution is 2.23. The maximum absolute atomic E-state index is 12.8. The molecule has 1 N–H and O–H groups in total. The molecular formula is C26H31N3O4. The number of esters is 1. The Hall–Kier alpha value is -3.61. The first kappa shape index (κ1) is 24.0. The summed E-state index contributed by atoms with van der Waals surface area (Å²) in [5.74, 6) is 0.377. The number of ether oxygens (including phenoxy) is 2. The van der Waals surface area contributed by atoms with Gasteiger partial charge in [0.2, 0.25) is 0 Å². The molecule has 3 aromatic rings. The number of hydrogen-bond acceptors (Lipinski definition) is 5. The maximum Gasteiger partial charge on any atom is 0.305 e. The number of rotatable bonds is 9. The Balaban J connectivity index is 1.71. The zero-order valence-corrected chi connectivity index (χ0v) is 19.9. The Labute approximate surface area is 194 Å². The van der Waals surface area contributed by atoms with E-state index < -0.39 is 0 Å². The van der Waals surface area contributed by atoms with Crippen LogP contribution in [-0.4, -0.2) is 35.4 Å². The Morgan fingerprint density at radius 2 is 1.79 bits per heavy atom. The summed E-state index contributed by atoms with van der Waals surface area (Å²) >= 11 is 0. The van der Waals surface area contributed by atoms with Crippen molar-refractivity contribution in [3.8, 4) is 11.4 Å². The third-order valence-corrected chi connectivity index (χ3v) is 5.54. The lowest BCUT2D eigenvalue weighted by atomic mass is 10.1. The average molecular weight is 450 g/mol. The molecule has 174 valence electrons. The van der Waals surface area contributed by atoms with E-state index in [9.17, 15) is 9.59 Å². The molecule has 0 saturated carbocycles. The number of nitrogens with zero attached hydrogens (tertiary/aromatic N) is 2. The second-order valence-electron chi connectivity index (χ2n) is 7.96. The van der Waals surface area contributed by atoms with E-state index in [1.807, 2.05) is 55.8 Å². The SMILES string of the molecule is CCCOc1ccc(NC(=O)c2ccc(-n3nc(C)c(CCC(=O)OC)c3C)cc2)c(C)c1. The highest BCUT2D eigenvalue weighted by Gasteiger charge is 2.15. The van der Waals surface area contributed by atoms with Gasteiger partial charge in [-0.15, -0.1) is 0 Å². The largest absolute Gasteiger partial charge is 0.494 e. The van der Waals surface area contributed by atoms with Crippen LogP contribution in [0.1, 0.15) is 52.6 Å². The van der Waals surface area contributed by atoms with Crippen molar-refractivity contribution < 1.29 is 19.1 Å². The molecule has 1 aromatic heterocycles. The van der Waals surface area contributed by atoms with Crippen molar-refractivity contribution >= 4 is 17.6 Å². The monoisotopic (exact) mass is 449 g/mol. The van der Waals surface area contributed by atoms with Crippen LogP contribution in [0.15, 0.2) is 42.5 Å². The molecule has 0 bridgehead atoms. The first-order chi connectivity index (χ1) is 15.8. The fourth-order valence-corrected chi connectivity index (χ4v) is 3.65. The second-order valence-corrected chi connectivity index (χ2v) is 7.96. The number of aryl methyl sites for hydroxylation is 2. The van der Waals surface area contributed by atoms with E-state index in [1.165, 1.54) is 7.11 Å². The number of anilines is 1. The molecule has 1 amide bonds. The van der Waals surface area contributed by atoms with Crippen molar-refractivity contribution in [2.75, 3.05) is 19.0 Å². The number of carbonyl (C=O) groups is 2. The normalized spacial score (nSPS) is 10.7. The second kappa shape index (κ2) is 10.8. The summed E-state index contributed by atoms with van der Waals surface area (Å²) in [5.41, 5.74) is 5.97. The van der Waals surface area contributed by atoms with Gasteiger partial charge in [0.05, 0.1) is 25.1 Å². The summed E-state index contributed by atoms with van der Waals surface area (Å²) < 4.78 is 12.2. The molecule has 2 aromatic carbocycles. The van der Waals surface area contributed by atoms with Gasteiger partial charge in [0.25, 0.3) is 5.91 Å². The van der Waals surface area contributed by atoms with Gasteiger partial charge in [-0.05, 0) is 87.2 Å². The standard InChI is InChI=1S/C26H31N3O4/c1-6-15-33-22-11-13-24(17(2)16-22)27-26(31)20-7-9-21(10-8-20)29-19(4)23(18(3)28-29)12-14-25(30)32-5/h7-11,13,16H,6,12,14-15H2,1-5H3,(H,27,31). The van der Waals surface area contributed by atoms with Crippen LogP contribution in [0.5, 0.6) is 5.75 Å². The van der Waals surface area contributed by atoms with Crippen LogP contribution in [0.3, 0.4) is 0 Å². The Bertz CT molecular complexity index is 1130. The Morgan fingerprint density at radius 3 is 2.42 bits per heavy atom. The van der Waals surface area contributed by atoms with Gasteiger partial charge in [0.15, 0.2) is 0 Å². The Kier molecular flexibility index (Phi) is 7.87. The molecule has 33 heavy (non-hydrogen) atoms. The lowest BCUT2D eigenvalue weighted by molar-refractivity contribution is -0.140. The third-order valence-electron chi connectivity index (χ3n) is 5.54. The van der Waals surface area contributed by atoms with E-state index in [0.29, 0.717) is 25.0 Å². The van der Waals surface area contributed by atoms with E-state index in [1.54, 1.807) is 12.1 Å². The van der Waals surface area contributed by atoms with Crippen LogP contribution < -0.4 is 10.1 Å². The van der Waals surface area contributed by atoms with Gasteiger partial charge < -0.3 is 14.8 Å². The molecule has 0 atom stereocenters. The molecule has 0 fully saturated rings. The number of benzene rings is 2. The molecule has 0 saturated heterocycles. The van der Waals surface area contributed by atoms with Gasteiger partial charge in [0.1, 0.15) is 5.75 Å². The van der Waals surface area contributed by atoms with Crippen molar-refractivity contribution in [1.29, 1.82) is 0 Å². The van der Waals surface area contributed by atoms with Gasteiger partial charge in [-0.2, -0.15) is 5.10 Å². The average Bonchev–Trinajstić information content (AvgIpc) is 3.10. The molecular weight excluding hydrogens is 418 g/mol. The van der Waals surface area contributed by atoms with Crippen molar-refractivity contribution in [1.82, 2.24) is 9.78 Å². The Morgan fingerprint density at radius 1 is 1.06 bits per heavy atom. The molecule has 7 nitrogen and oxygen atoms in total. The van der Waals surface area contributed by atoms with Crippen LogP contribution in [-0.2, 0) is 16.0 Å². The lowest BCUT2D eigenvalue weighted by Gasteiger charge is -2.12. The van der Waals surface area contributed by atoms with Gasteiger partial charge in [-0.1, -0.05) is 6.92 Å². The number of amides is 1. The van der Waals surface area contributed by atoms with Crippen LogP contribution in [0.2, 0.25) is 0 Å². The fourth-order valence-electron chi connectivity index (χ4n) is 3.65. The van der Waals surface area contributed by atoms with E-state index in [4.69, 9.17) is 9.47 Å². The molecule has 0 unspecified atom stereocenters. The minimum atomic E-state index is -0.240. The van der Waals surface area contributed by atoms with Crippen LogP contribution in [0, 0.1) is 20.8 Å². The van der Waals surface area contributed by atoms with Crippen molar-refractivity contribution in [2.24, 2.45) is 0 Å². The molecule has 0 aliphatic carbocycles. The maximum atomic E-state index is 12.8. The topological polar surface area (TPSA) is 82.5 Å². The summed E-state index contributed by atoms with van der Waals surface area (Å²) in [6.45, 7) is 8.58. The first-order valence-electron chi connectivity index (χ1n) is 11.1. The zero-order valence-electron chi connectivity index (χ0n) is 19.9. The molecule has 3 rings (SSSR count). The van der Waals surface area contributed by atoms with E-state index >= 15 is 0 Å². The van der Waals surface area contributed by atoms with E-state index in [-0.39, 0.29) is 11.9 Å². The number of methoxy groups -OCH3 is 1. The minimum absolute atomic E-state index is 0.181.